The van der Waals surface area contributed by atoms with E-state index in [1.165, 1.54) is 18.9 Å². The highest BCUT2D eigenvalue weighted by atomic mass is 16.3. The zero-order valence-corrected chi connectivity index (χ0v) is 9.49. The summed E-state index contributed by atoms with van der Waals surface area (Å²) in [6.45, 7) is 1.51. The van der Waals surface area contributed by atoms with Crippen molar-refractivity contribution in [2.45, 2.75) is 32.2 Å². The molecule has 1 heterocycles. The first-order valence-corrected chi connectivity index (χ1v) is 5.53. The van der Waals surface area contributed by atoms with Crippen LogP contribution in [0.1, 0.15) is 26.2 Å². The first-order valence-electron chi connectivity index (χ1n) is 5.53. The Morgan fingerprint density at radius 3 is 2.75 bits per heavy atom. The number of nitrogens with one attached hydrogen (secondary N) is 1. The number of aliphatic hydroxyl groups is 1. The number of hydrogen-bond donors (Lipinski definition) is 2. The highest BCUT2D eigenvalue weighted by molar-refractivity contribution is 6.07. The van der Waals surface area contributed by atoms with Crippen molar-refractivity contribution in [3.63, 3.8) is 0 Å². The number of nitrogens with zero attached hydrogens (tertiary/aromatic N) is 1. The lowest BCUT2D eigenvalue weighted by Crippen LogP contribution is -2.44. The molecule has 2 fully saturated rings. The normalized spacial score (nSPS) is 31.6. The maximum Gasteiger partial charge on any atom is 0.324 e. The second-order valence-corrected chi connectivity index (χ2v) is 4.33. The molecule has 1 aliphatic heterocycles. The summed E-state index contributed by atoms with van der Waals surface area (Å²) < 4.78 is 0. The molecule has 0 radical (unpaired) electrons. The van der Waals surface area contributed by atoms with E-state index in [2.05, 4.69) is 5.32 Å². The van der Waals surface area contributed by atoms with E-state index < -0.39 is 0 Å². The van der Waals surface area contributed by atoms with Gasteiger partial charge in [-0.3, -0.25) is 9.69 Å². The van der Waals surface area contributed by atoms with E-state index in [9.17, 15) is 14.7 Å². The van der Waals surface area contributed by atoms with Gasteiger partial charge in [-0.25, -0.2) is 4.79 Å². The smallest absolute Gasteiger partial charge is 0.324 e. The molecular weight excluding hydrogens is 208 g/mol. The Morgan fingerprint density at radius 1 is 1.50 bits per heavy atom. The van der Waals surface area contributed by atoms with Gasteiger partial charge < -0.3 is 10.4 Å². The fourth-order valence-electron chi connectivity index (χ4n) is 2.81. The minimum atomic E-state index is -0.377. The van der Waals surface area contributed by atoms with Crippen molar-refractivity contribution in [3.05, 3.63) is 11.3 Å². The fraction of sp³-hybridized carbons (Fsp3) is 0.636. The van der Waals surface area contributed by atoms with Gasteiger partial charge in [0.2, 0.25) is 0 Å². The van der Waals surface area contributed by atoms with E-state index in [4.69, 9.17) is 0 Å². The Kier molecular flexibility index (Phi) is 2.61. The van der Waals surface area contributed by atoms with E-state index in [1.54, 1.807) is 0 Å². The molecule has 0 aromatic heterocycles. The van der Waals surface area contributed by atoms with Gasteiger partial charge in [0.15, 0.2) is 0 Å². The average molecular weight is 224 g/mol. The third-order valence-corrected chi connectivity index (χ3v) is 3.45. The molecule has 0 spiro atoms. The first kappa shape index (κ1) is 11.0. The van der Waals surface area contributed by atoms with Crippen LogP contribution in [-0.4, -0.2) is 35.0 Å². The largest absolute Gasteiger partial charge is 0.512 e. The van der Waals surface area contributed by atoms with Crippen molar-refractivity contribution in [1.29, 1.82) is 0 Å². The number of likely N-dealkylation sites (tertiary alicyclic amines) is 1. The molecule has 5 nitrogen and oxygen atoms in total. The zero-order valence-electron chi connectivity index (χ0n) is 9.49. The van der Waals surface area contributed by atoms with Gasteiger partial charge in [0.05, 0.1) is 11.3 Å². The van der Waals surface area contributed by atoms with Crippen molar-refractivity contribution in [1.82, 2.24) is 10.2 Å². The lowest BCUT2D eigenvalue weighted by atomic mass is 9.97. The van der Waals surface area contributed by atoms with Gasteiger partial charge in [-0.1, -0.05) is 6.42 Å². The van der Waals surface area contributed by atoms with Crippen molar-refractivity contribution in [2.24, 2.45) is 5.92 Å². The predicted octanol–water partition coefficient (Wildman–Crippen LogP) is 1.17. The number of carbonyl (C=O) groups is 2. The summed E-state index contributed by atoms with van der Waals surface area (Å²) in [7, 11) is 1.51. The lowest BCUT2D eigenvalue weighted by molar-refractivity contribution is -0.123. The molecule has 3 amide bonds. The van der Waals surface area contributed by atoms with Crippen LogP contribution in [-0.2, 0) is 4.79 Å². The second-order valence-electron chi connectivity index (χ2n) is 4.33. The number of hydrogen-bond acceptors (Lipinski definition) is 3. The second kappa shape index (κ2) is 3.81. The molecule has 2 atom stereocenters. The summed E-state index contributed by atoms with van der Waals surface area (Å²) in [5, 5.41) is 12.0. The maximum atomic E-state index is 12.0. The number of imide groups is 1. The number of carbonyl (C=O) groups excluding carboxylic acids is 2. The molecule has 16 heavy (non-hydrogen) atoms. The Bertz CT molecular complexity index is 371. The standard InChI is InChI=1S/C11H16N2O3/c1-6(14)9-7-4-3-5-8(7)13(10(9)15)11(16)12-2/h7-8,14H,3-5H2,1-2H3,(H,12,16)/b9-6-. The summed E-state index contributed by atoms with van der Waals surface area (Å²) in [4.78, 5) is 24.9. The minimum absolute atomic E-state index is 0.0230. The molecular formula is C11H16N2O3. The summed E-state index contributed by atoms with van der Waals surface area (Å²) in [6.07, 6.45) is 2.70. The summed E-state index contributed by atoms with van der Waals surface area (Å²) in [5.41, 5.74) is 0.422. The quantitative estimate of drug-likeness (QED) is 0.479. The molecule has 5 heteroatoms. The Labute approximate surface area is 94.1 Å². The molecule has 0 bridgehead atoms. The Hall–Kier alpha value is -1.52. The van der Waals surface area contributed by atoms with E-state index in [0.29, 0.717) is 5.57 Å². The summed E-state index contributed by atoms with van der Waals surface area (Å²) in [6, 6.07) is -0.442. The van der Waals surface area contributed by atoms with Crippen LogP contribution in [0.15, 0.2) is 11.3 Å². The van der Waals surface area contributed by atoms with Crippen LogP contribution in [0.3, 0.4) is 0 Å². The number of amides is 3. The molecule has 2 N–H and O–H groups in total. The minimum Gasteiger partial charge on any atom is -0.512 e. The lowest BCUT2D eigenvalue weighted by Gasteiger charge is -2.20. The number of fused-ring (bicyclic) bond motifs is 1. The van der Waals surface area contributed by atoms with Crippen LogP contribution >= 0.6 is 0 Å². The van der Waals surface area contributed by atoms with Gasteiger partial charge >= 0.3 is 6.03 Å². The van der Waals surface area contributed by atoms with Gasteiger partial charge in [-0.2, -0.15) is 0 Å². The number of urea groups is 1. The molecule has 0 aromatic carbocycles. The Balaban J connectivity index is 2.39. The van der Waals surface area contributed by atoms with E-state index in [-0.39, 0.29) is 29.7 Å². The highest BCUT2D eigenvalue weighted by Crippen LogP contribution is 2.42. The maximum absolute atomic E-state index is 12.0. The van der Waals surface area contributed by atoms with Gasteiger partial charge in [-0.05, 0) is 19.8 Å². The number of allylic oxidation sites excluding steroid dienone is 1. The number of rotatable bonds is 0. The molecule has 1 saturated carbocycles. The molecule has 2 unspecified atom stereocenters. The van der Waals surface area contributed by atoms with Crippen molar-refractivity contribution in [2.75, 3.05) is 7.05 Å². The molecule has 2 aliphatic rings. The average Bonchev–Trinajstić information content (AvgIpc) is 2.75. The molecule has 1 saturated heterocycles. The van der Waals surface area contributed by atoms with Crippen molar-refractivity contribution in [3.8, 4) is 0 Å². The SMILES string of the molecule is CNC(=O)N1C(=O)/C(=C(/C)O)C2CCCC21. The molecule has 1 aliphatic carbocycles. The van der Waals surface area contributed by atoms with Crippen molar-refractivity contribution < 1.29 is 14.7 Å². The third kappa shape index (κ3) is 1.38. The van der Waals surface area contributed by atoms with Crippen LogP contribution in [0.2, 0.25) is 0 Å². The van der Waals surface area contributed by atoms with E-state index in [1.807, 2.05) is 0 Å². The van der Waals surface area contributed by atoms with Gasteiger partial charge in [-0.15, -0.1) is 0 Å². The van der Waals surface area contributed by atoms with Crippen LogP contribution in [0.5, 0.6) is 0 Å². The molecule has 2 rings (SSSR count). The van der Waals surface area contributed by atoms with Gasteiger partial charge in [0.1, 0.15) is 0 Å². The van der Waals surface area contributed by atoms with E-state index in [0.717, 1.165) is 19.3 Å². The summed E-state index contributed by atoms with van der Waals surface area (Å²) >= 11 is 0. The zero-order chi connectivity index (χ0) is 11.9. The number of aliphatic hydroxyl groups excluding tert-OH is 1. The van der Waals surface area contributed by atoms with Crippen LogP contribution < -0.4 is 5.32 Å². The van der Waals surface area contributed by atoms with E-state index >= 15 is 0 Å². The van der Waals surface area contributed by atoms with Gasteiger partial charge in [0.25, 0.3) is 5.91 Å². The topological polar surface area (TPSA) is 69.6 Å². The summed E-state index contributed by atoms with van der Waals surface area (Å²) in [5.74, 6) is -0.267. The Morgan fingerprint density at radius 2 is 2.19 bits per heavy atom. The van der Waals surface area contributed by atoms with Crippen LogP contribution in [0.4, 0.5) is 4.79 Å². The van der Waals surface area contributed by atoms with Gasteiger partial charge in [0, 0.05) is 19.0 Å². The third-order valence-electron chi connectivity index (χ3n) is 3.45. The molecule has 88 valence electrons. The first-order chi connectivity index (χ1) is 7.57. The predicted molar refractivity (Wildman–Crippen MR) is 57.8 cm³/mol. The van der Waals surface area contributed by atoms with Crippen molar-refractivity contribution >= 4 is 11.9 Å². The highest BCUT2D eigenvalue weighted by Gasteiger charge is 2.49. The fourth-order valence-corrected chi connectivity index (χ4v) is 2.81. The molecule has 0 aromatic rings. The van der Waals surface area contributed by atoms with Crippen LogP contribution in [0.25, 0.3) is 0 Å². The van der Waals surface area contributed by atoms with Crippen LogP contribution in [0, 0.1) is 5.92 Å². The monoisotopic (exact) mass is 224 g/mol.